The summed E-state index contributed by atoms with van der Waals surface area (Å²) in [6, 6.07) is -0.431. The minimum Gasteiger partial charge on any atom is -0.481 e. The highest BCUT2D eigenvalue weighted by Crippen LogP contribution is 2.22. The standard InChI is InChI=1S/C10H18N2O3/c1-7(9(13)14)6-8-4-2-3-5-12(8)10(11)15/h7-8H,2-6H2,1H3,(H2,11,15)(H,13,14). The lowest BCUT2D eigenvalue weighted by molar-refractivity contribution is -0.141. The summed E-state index contributed by atoms with van der Waals surface area (Å²) in [5.74, 6) is -1.24. The Morgan fingerprint density at radius 2 is 2.20 bits per heavy atom. The van der Waals surface area contributed by atoms with E-state index in [1.54, 1.807) is 11.8 Å². The number of carboxylic acids is 1. The average molecular weight is 214 g/mol. The van der Waals surface area contributed by atoms with Crippen LogP contribution < -0.4 is 5.73 Å². The molecule has 2 atom stereocenters. The van der Waals surface area contributed by atoms with Crippen molar-refractivity contribution in [1.82, 2.24) is 4.90 Å². The minimum absolute atomic E-state index is 0.00218. The van der Waals surface area contributed by atoms with Crippen molar-refractivity contribution in [2.45, 2.75) is 38.6 Å². The normalized spacial score (nSPS) is 23.5. The van der Waals surface area contributed by atoms with E-state index in [-0.39, 0.29) is 6.04 Å². The van der Waals surface area contributed by atoms with Crippen LogP contribution in [0.25, 0.3) is 0 Å². The van der Waals surface area contributed by atoms with Crippen molar-refractivity contribution in [3.63, 3.8) is 0 Å². The number of carboxylic acid groups (broad SMARTS) is 1. The van der Waals surface area contributed by atoms with Gasteiger partial charge in [0, 0.05) is 12.6 Å². The van der Waals surface area contributed by atoms with Gasteiger partial charge in [-0.2, -0.15) is 0 Å². The molecule has 86 valence electrons. The summed E-state index contributed by atoms with van der Waals surface area (Å²) in [4.78, 5) is 23.4. The molecule has 1 rings (SSSR count). The van der Waals surface area contributed by atoms with E-state index in [0.29, 0.717) is 13.0 Å². The maximum atomic E-state index is 11.1. The number of carbonyl (C=O) groups excluding carboxylic acids is 1. The second-order valence-electron chi connectivity index (χ2n) is 4.16. The Morgan fingerprint density at radius 3 is 2.73 bits per heavy atom. The maximum Gasteiger partial charge on any atom is 0.315 e. The lowest BCUT2D eigenvalue weighted by Crippen LogP contribution is -2.47. The van der Waals surface area contributed by atoms with Gasteiger partial charge in [0.25, 0.3) is 0 Å². The molecule has 1 aliphatic rings. The molecule has 2 amide bonds. The van der Waals surface area contributed by atoms with Crippen LogP contribution in [0.15, 0.2) is 0 Å². The third-order valence-corrected chi connectivity index (χ3v) is 2.96. The van der Waals surface area contributed by atoms with Crippen LogP contribution in [-0.2, 0) is 4.79 Å². The van der Waals surface area contributed by atoms with Crippen molar-refractivity contribution in [3.8, 4) is 0 Å². The molecule has 0 aromatic carbocycles. The number of hydrogen-bond acceptors (Lipinski definition) is 2. The predicted molar refractivity (Wildman–Crippen MR) is 55.3 cm³/mol. The van der Waals surface area contributed by atoms with Crippen molar-refractivity contribution < 1.29 is 14.7 Å². The van der Waals surface area contributed by atoms with E-state index in [2.05, 4.69) is 0 Å². The van der Waals surface area contributed by atoms with Crippen LogP contribution >= 0.6 is 0 Å². The summed E-state index contributed by atoms with van der Waals surface area (Å²) in [6.45, 7) is 2.32. The van der Waals surface area contributed by atoms with E-state index in [9.17, 15) is 9.59 Å². The lowest BCUT2D eigenvalue weighted by atomic mass is 9.93. The topological polar surface area (TPSA) is 83.6 Å². The SMILES string of the molecule is CC(CC1CCCCN1C(N)=O)C(=O)O. The summed E-state index contributed by atoms with van der Waals surface area (Å²) in [7, 11) is 0. The first-order valence-corrected chi connectivity index (χ1v) is 5.31. The Kier molecular flexibility index (Phi) is 3.94. The number of likely N-dealkylation sites (tertiary alicyclic amines) is 1. The van der Waals surface area contributed by atoms with Crippen LogP contribution in [0.3, 0.4) is 0 Å². The molecule has 0 spiro atoms. The number of nitrogens with two attached hydrogens (primary N) is 1. The molecule has 0 saturated carbocycles. The van der Waals surface area contributed by atoms with Gasteiger partial charge < -0.3 is 15.7 Å². The number of rotatable bonds is 3. The van der Waals surface area contributed by atoms with Crippen LogP contribution in [0.5, 0.6) is 0 Å². The summed E-state index contributed by atoms with van der Waals surface area (Å²) in [6.07, 6.45) is 3.36. The fourth-order valence-electron chi connectivity index (χ4n) is 2.04. The molecule has 1 fully saturated rings. The lowest BCUT2D eigenvalue weighted by Gasteiger charge is -2.35. The fourth-order valence-corrected chi connectivity index (χ4v) is 2.04. The van der Waals surface area contributed by atoms with Gasteiger partial charge in [-0.1, -0.05) is 6.92 Å². The molecule has 1 aliphatic heterocycles. The van der Waals surface area contributed by atoms with Crippen LogP contribution in [-0.4, -0.2) is 34.6 Å². The molecule has 1 saturated heterocycles. The maximum absolute atomic E-state index is 11.1. The largest absolute Gasteiger partial charge is 0.481 e. The number of carbonyl (C=O) groups is 2. The number of primary amides is 1. The number of amides is 2. The zero-order valence-electron chi connectivity index (χ0n) is 8.98. The van der Waals surface area contributed by atoms with Gasteiger partial charge >= 0.3 is 12.0 Å². The average Bonchev–Trinajstić information content (AvgIpc) is 2.18. The molecule has 15 heavy (non-hydrogen) atoms. The summed E-state index contributed by atoms with van der Waals surface area (Å²) >= 11 is 0. The molecular formula is C10H18N2O3. The smallest absolute Gasteiger partial charge is 0.315 e. The van der Waals surface area contributed by atoms with Crippen molar-refractivity contribution >= 4 is 12.0 Å². The summed E-state index contributed by atoms with van der Waals surface area (Å²) in [5.41, 5.74) is 5.25. The van der Waals surface area contributed by atoms with E-state index in [1.165, 1.54) is 0 Å². The monoisotopic (exact) mass is 214 g/mol. The zero-order valence-corrected chi connectivity index (χ0v) is 8.98. The summed E-state index contributed by atoms with van der Waals surface area (Å²) < 4.78 is 0. The van der Waals surface area contributed by atoms with Gasteiger partial charge in [0.1, 0.15) is 0 Å². The first-order chi connectivity index (χ1) is 7.02. The third-order valence-electron chi connectivity index (χ3n) is 2.96. The molecule has 0 aromatic heterocycles. The van der Waals surface area contributed by atoms with Gasteiger partial charge in [-0.25, -0.2) is 4.79 Å². The van der Waals surface area contributed by atoms with E-state index >= 15 is 0 Å². The minimum atomic E-state index is -0.815. The van der Waals surface area contributed by atoms with Gasteiger partial charge in [0.2, 0.25) is 0 Å². The molecule has 0 aliphatic carbocycles. The summed E-state index contributed by atoms with van der Waals surface area (Å²) in [5, 5.41) is 8.80. The van der Waals surface area contributed by atoms with Crippen LogP contribution in [0, 0.1) is 5.92 Å². The molecule has 0 radical (unpaired) electrons. The molecule has 3 N–H and O–H groups in total. The highest BCUT2D eigenvalue weighted by molar-refractivity contribution is 5.73. The van der Waals surface area contributed by atoms with E-state index in [0.717, 1.165) is 19.3 Å². The van der Waals surface area contributed by atoms with Crippen molar-refractivity contribution in [1.29, 1.82) is 0 Å². The Morgan fingerprint density at radius 1 is 1.53 bits per heavy atom. The second-order valence-corrected chi connectivity index (χ2v) is 4.16. The molecule has 5 heteroatoms. The Bertz CT molecular complexity index is 255. The highest BCUT2D eigenvalue weighted by Gasteiger charge is 2.28. The Hall–Kier alpha value is -1.26. The quantitative estimate of drug-likeness (QED) is 0.736. The third kappa shape index (κ3) is 3.11. The van der Waals surface area contributed by atoms with Crippen LogP contribution in [0.4, 0.5) is 4.79 Å². The number of aliphatic carboxylic acids is 1. The molecule has 0 aromatic rings. The molecule has 2 unspecified atom stereocenters. The van der Waals surface area contributed by atoms with E-state index in [4.69, 9.17) is 10.8 Å². The number of nitrogens with zero attached hydrogens (tertiary/aromatic N) is 1. The predicted octanol–water partition coefficient (Wildman–Crippen LogP) is 1.03. The van der Waals surface area contributed by atoms with Crippen LogP contribution in [0.1, 0.15) is 32.6 Å². The first kappa shape index (κ1) is 11.8. The van der Waals surface area contributed by atoms with Gasteiger partial charge in [-0.05, 0) is 25.7 Å². The van der Waals surface area contributed by atoms with Gasteiger partial charge in [-0.3, -0.25) is 4.79 Å². The van der Waals surface area contributed by atoms with Crippen molar-refractivity contribution in [2.75, 3.05) is 6.54 Å². The van der Waals surface area contributed by atoms with Crippen molar-refractivity contribution in [2.24, 2.45) is 11.7 Å². The number of hydrogen-bond donors (Lipinski definition) is 2. The van der Waals surface area contributed by atoms with E-state index < -0.39 is 17.9 Å². The molecule has 0 bridgehead atoms. The Labute approximate surface area is 89.2 Å². The van der Waals surface area contributed by atoms with E-state index in [1.807, 2.05) is 0 Å². The molecule has 5 nitrogen and oxygen atoms in total. The second kappa shape index (κ2) is 5.00. The number of urea groups is 1. The molecular weight excluding hydrogens is 196 g/mol. The van der Waals surface area contributed by atoms with Gasteiger partial charge in [-0.15, -0.1) is 0 Å². The number of piperidine rings is 1. The zero-order chi connectivity index (χ0) is 11.4. The van der Waals surface area contributed by atoms with Crippen molar-refractivity contribution in [3.05, 3.63) is 0 Å². The van der Waals surface area contributed by atoms with Gasteiger partial charge in [0.15, 0.2) is 0 Å². The highest BCUT2D eigenvalue weighted by atomic mass is 16.4. The first-order valence-electron chi connectivity index (χ1n) is 5.31. The Balaban J connectivity index is 2.56. The molecule has 1 heterocycles. The fraction of sp³-hybridized carbons (Fsp3) is 0.800. The van der Waals surface area contributed by atoms with Crippen LogP contribution in [0.2, 0.25) is 0 Å². The van der Waals surface area contributed by atoms with Gasteiger partial charge in [0.05, 0.1) is 5.92 Å².